The maximum Gasteiger partial charge on any atom is 0.338 e. The number of hydrogen-bond donors (Lipinski definition) is 2. The summed E-state index contributed by atoms with van der Waals surface area (Å²) in [6, 6.07) is 3.61. The number of likely N-dealkylation sites (N-methyl/N-ethyl adjacent to an activating group) is 1. The van der Waals surface area contributed by atoms with Gasteiger partial charge in [-0.2, -0.15) is 0 Å². The van der Waals surface area contributed by atoms with Crippen LogP contribution in [0.3, 0.4) is 0 Å². The van der Waals surface area contributed by atoms with Crippen LogP contribution in [-0.2, 0) is 9.53 Å². The van der Waals surface area contributed by atoms with E-state index in [1.165, 1.54) is 43.4 Å². The lowest BCUT2D eigenvalue weighted by molar-refractivity contribution is -0.139. The molecule has 2 amide bonds. The van der Waals surface area contributed by atoms with E-state index in [0.717, 1.165) is 4.88 Å². The van der Waals surface area contributed by atoms with Gasteiger partial charge < -0.3 is 15.4 Å². The van der Waals surface area contributed by atoms with Crippen molar-refractivity contribution >= 4 is 23.3 Å². The van der Waals surface area contributed by atoms with Crippen LogP contribution in [0.2, 0.25) is 0 Å². The summed E-state index contributed by atoms with van der Waals surface area (Å²) in [5.74, 6) is -0.370. The molecular weight excluding hydrogens is 350 g/mol. The van der Waals surface area contributed by atoms with Crippen LogP contribution < -0.4 is 10.6 Å². The predicted octanol–water partition coefficient (Wildman–Crippen LogP) is 3.18. The molecule has 2 N–H and O–H groups in total. The fraction of sp³-hybridized carbons (Fsp3) is 0.579. The van der Waals surface area contributed by atoms with Crippen LogP contribution >= 0.6 is 11.3 Å². The Morgan fingerprint density at radius 3 is 2.77 bits per heavy atom. The number of hydrogen-bond acceptors (Lipinski definition) is 5. The first kappa shape index (κ1) is 18.9. The molecule has 1 fully saturated rings. The number of rotatable bonds is 6. The lowest BCUT2D eigenvalue weighted by atomic mass is 9.94. The Morgan fingerprint density at radius 2 is 2.12 bits per heavy atom. The van der Waals surface area contributed by atoms with Crippen molar-refractivity contribution in [3.05, 3.63) is 33.7 Å². The molecule has 3 rings (SSSR count). The van der Waals surface area contributed by atoms with Crippen molar-refractivity contribution in [2.45, 2.75) is 51.1 Å². The van der Waals surface area contributed by atoms with Crippen molar-refractivity contribution in [1.82, 2.24) is 15.5 Å². The third kappa shape index (κ3) is 4.27. The Kier molecular flexibility index (Phi) is 6.32. The number of esters is 1. The van der Waals surface area contributed by atoms with E-state index < -0.39 is 6.04 Å². The van der Waals surface area contributed by atoms with Crippen molar-refractivity contribution in [2.24, 2.45) is 0 Å². The van der Waals surface area contributed by atoms with E-state index in [1.807, 2.05) is 17.5 Å². The molecule has 0 saturated heterocycles. The number of nitrogens with zero attached hydrogens (tertiary/aromatic N) is 1. The zero-order valence-electron chi connectivity index (χ0n) is 15.4. The highest BCUT2D eigenvalue weighted by molar-refractivity contribution is 7.10. The molecule has 6 nitrogen and oxygen atoms in total. The van der Waals surface area contributed by atoms with E-state index in [2.05, 4.69) is 22.6 Å². The van der Waals surface area contributed by atoms with E-state index in [9.17, 15) is 9.59 Å². The Labute approximate surface area is 158 Å². The molecule has 1 atom stereocenters. The minimum atomic E-state index is -0.461. The monoisotopic (exact) mass is 377 g/mol. The Balaban J connectivity index is 1.90. The zero-order valence-corrected chi connectivity index (χ0v) is 16.2. The lowest BCUT2D eigenvalue weighted by Gasteiger charge is -2.34. The summed E-state index contributed by atoms with van der Waals surface area (Å²) in [7, 11) is 2.07. The molecular formula is C19H27N3O3S. The Bertz CT molecular complexity index is 666. The predicted molar refractivity (Wildman–Crippen MR) is 102 cm³/mol. The molecule has 1 saturated carbocycles. The molecule has 0 radical (unpaired) electrons. The van der Waals surface area contributed by atoms with Gasteiger partial charge in [-0.1, -0.05) is 25.3 Å². The second-order valence-electron chi connectivity index (χ2n) is 6.87. The largest absolute Gasteiger partial charge is 0.463 e. The molecule has 7 heteroatoms. The summed E-state index contributed by atoms with van der Waals surface area (Å²) in [5.41, 5.74) is 1.16. The highest BCUT2D eigenvalue weighted by Crippen LogP contribution is 2.31. The summed E-state index contributed by atoms with van der Waals surface area (Å²) in [5, 5.41) is 7.68. The number of urea groups is 1. The van der Waals surface area contributed by atoms with Crippen molar-refractivity contribution in [1.29, 1.82) is 0 Å². The summed E-state index contributed by atoms with van der Waals surface area (Å²) < 4.78 is 5.30. The van der Waals surface area contributed by atoms with Crippen molar-refractivity contribution in [2.75, 3.05) is 20.2 Å². The summed E-state index contributed by atoms with van der Waals surface area (Å²) >= 11 is 1.52. The molecule has 26 heavy (non-hydrogen) atoms. The van der Waals surface area contributed by atoms with E-state index in [0.29, 0.717) is 30.5 Å². The number of carbonyl (C=O) groups excluding carboxylic acids is 2. The SMILES string of the molecule is CCOC(=O)C1=C(CN(C)C2CCCCC2)NC(=O)N[C@@H]1c1cccs1. The highest BCUT2D eigenvalue weighted by atomic mass is 32.1. The molecule has 0 unspecified atom stereocenters. The summed E-state index contributed by atoms with van der Waals surface area (Å²) in [6.07, 6.45) is 6.11. The number of ether oxygens (including phenoxy) is 1. The van der Waals surface area contributed by atoms with Gasteiger partial charge in [0.25, 0.3) is 0 Å². The Hall–Kier alpha value is -1.86. The van der Waals surface area contributed by atoms with E-state index in [1.54, 1.807) is 6.92 Å². The normalized spacial score (nSPS) is 21.5. The Morgan fingerprint density at radius 1 is 1.35 bits per heavy atom. The van der Waals surface area contributed by atoms with Crippen LogP contribution in [0.4, 0.5) is 4.79 Å². The van der Waals surface area contributed by atoms with Gasteiger partial charge in [0.2, 0.25) is 0 Å². The zero-order chi connectivity index (χ0) is 18.5. The summed E-state index contributed by atoms with van der Waals surface area (Å²) in [6.45, 7) is 2.63. The fourth-order valence-electron chi connectivity index (χ4n) is 3.76. The van der Waals surface area contributed by atoms with Crippen LogP contribution in [0.5, 0.6) is 0 Å². The molecule has 0 bridgehead atoms. The van der Waals surface area contributed by atoms with Crippen molar-refractivity contribution in [3.63, 3.8) is 0 Å². The van der Waals surface area contributed by atoms with Crippen LogP contribution in [0.1, 0.15) is 49.9 Å². The van der Waals surface area contributed by atoms with E-state index >= 15 is 0 Å². The van der Waals surface area contributed by atoms with E-state index in [-0.39, 0.29) is 12.0 Å². The van der Waals surface area contributed by atoms with Crippen molar-refractivity contribution < 1.29 is 14.3 Å². The van der Waals surface area contributed by atoms with Gasteiger partial charge in [-0.3, -0.25) is 4.90 Å². The molecule has 1 aromatic rings. The second-order valence-corrected chi connectivity index (χ2v) is 7.85. The number of carbonyl (C=O) groups is 2. The quantitative estimate of drug-likeness (QED) is 0.747. The van der Waals surface area contributed by atoms with Gasteiger partial charge in [-0.05, 0) is 38.3 Å². The average Bonchev–Trinajstić information content (AvgIpc) is 3.16. The number of thiophene rings is 1. The van der Waals surface area contributed by atoms with Gasteiger partial charge in [0.15, 0.2) is 0 Å². The van der Waals surface area contributed by atoms with Crippen LogP contribution in [0.15, 0.2) is 28.8 Å². The van der Waals surface area contributed by atoms with Crippen LogP contribution in [0.25, 0.3) is 0 Å². The van der Waals surface area contributed by atoms with Crippen molar-refractivity contribution in [3.8, 4) is 0 Å². The minimum absolute atomic E-state index is 0.275. The molecule has 0 spiro atoms. The first-order valence-electron chi connectivity index (χ1n) is 9.31. The van der Waals surface area contributed by atoms with Gasteiger partial charge in [0, 0.05) is 23.2 Å². The fourth-order valence-corrected chi connectivity index (χ4v) is 4.55. The first-order chi connectivity index (χ1) is 12.6. The highest BCUT2D eigenvalue weighted by Gasteiger charge is 2.35. The third-order valence-electron chi connectivity index (χ3n) is 5.08. The van der Waals surface area contributed by atoms with Gasteiger partial charge in [0.05, 0.1) is 18.2 Å². The maximum atomic E-state index is 12.7. The topological polar surface area (TPSA) is 70.7 Å². The standard InChI is InChI=1S/C19H27N3O3S/c1-3-25-18(23)16-14(12-22(2)13-8-5-4-6-9-13)20-19(24)21-17(16)15-10-7-11-26-15/h7,10-11,13,17H,3-6,8-9,12H2,1-2H3,(H2,20,21,24)/t17-/m1/s1. The average molecular weight is 378 g/mol. The minimum Gasteiger partial charge on any atom is -0.463 e. The molecule has 1 aromatic heterocycles. The molecule has 1 aliphatic carbocycles. The summed E-state index contributed by atoms with van der Waals surface area (Å²) in [4.78, 5) is 28.1. The molecule has 1 aliphatic heterocycles. The molecule has 0 aromatic carbocycles. The molecule has 142 valence electrons. The van der Waals surface area contributed by atoms with Gasteiger partial charge >= 0.3 is 12.0 Å². The number of nitrogens with one attached hydrogen (secondary N) is 2. The van der Waals surface area contributed by atoms with Gasteiger partial charge in [0.1, 0.15) is 0 Å². The van der Waals surface area contributed by atoms with Gasteiger partial charge in [-0.15, -0.1) is 11.3 Å². The molecule has 2 heterocycles. The van der Waals surface area contributed by atoms with Gasteiger partial charge in [-0.25, -0.2) is 9.59 Å². The van der Waals surface area contributed by atoms with Crippen LogP contribution in [-0.4, -0.2) is 43.1 Å². The first-order valence-corrected chi connectivity index (χ1v) is 10.2. The van der Waals surface area contributed by atoms with E-state index in [4.69, 9.17) is 4.74 Å². The third-order valence-corrected chi connectivity index (χ3v) is 6.02. The maximum absolute atomic E-state index is 12.7. The lowest BCUT2D eigenvalue weighted by Crippen LogP contribution is -2.49. The molecule has 2 aliphatic rings. The van der Waals surface area contributed by atoms with Crippen LogP contribution in [0, 0.1) is 0 Å². The smallest absolute Gasteiger partial charge is 0.338 e. The second kappa shape index (κ2) is 8.68. The number of amides is 2.